The molecular formula is C40H28O26. The number of carboxylic acid groups (broad SMARTS) is 1. The van der Waals surface area contributed by atoms with Gasteiger partial charge in [0.1, 0.15) is 18.6 Å². The topological polar surface area (TPSA) is 427 Å². The van der Waals surface area contributed by atoms with Crippen molar-refractivity contribution in [1.29, 1.82) is 0 Å². The molecule has 0 unspecified atom stereocenters. The van der Waals surface area contributed by atoms with Gasteiger partial charge in [-0.15, -0.1) is 0 Å². The van der Waals surface area contributed by atoms with Gasteiger partial charge in [0.05, 0.1) is 34.6 Å². The Morgan fingerprint density at radius 1 is 0.576 bits per heavy atom. The highest BCUT2D eigenvalue weighted by molar-refractivity contribution is 6.08. The Hall–Kier alpha value is -9.07. The van der Waals surface area contributed by atoms with Crippen LogP contribution in [0.2, 0.25) is 0 Å². The van der Waals surface area contributed by atoms with Gasteiger partial charge in [0.2, 0.25) is 29.6 Å². The maximum atomic E-state index is 14.6. The first kappa shape index (κ1) is 43.6. The fourth-order valence-corrected chi connectivity index (χ4v) is 7.76. The maximum Gasteiger partial charge on any atom is 0.340 e. The van der Waals surface area contributed by atoms with Gasteiger partial charge in [-0.05, 0) is 30.3 Å². The highest BCUT2D eigenvalue weighted by atomic mass is 16.7. The molecule has 8 rings (SSSR count). The van der Waals surface area contributed by atoms with Crippen molar-refractivity contribution in [1.82, 2.24) is 0 Å². The summed E-state index contributed by atoms with van der Waals surface area (Å²) in [4.78, 5) is 96.7. The largest absolute Gasteiger partial charge is 0.504 e. The predicted octanol–water partition coefficient (Wildman–Crippen LogP) is 0.637. The SMILES string of the molecule is O=C(O)C[C@H]1C(=O)O[C@H]2[C@@H]3OC(=O)c4cc(O)c(O)c(O)c4-c4c(cc(O)c(O)c4O)C(=O)OC[C@H]2O[C@@H](OC(=O)c2cc(O)c(O)c(O)c2)[C@@H]3OC(=O)c2cc(O)c(O)c3c2[C@H]1C(=O)O3. The van der Waals surface area contributed by atoms with Crippen LogP contribution in [0.5, 0.6) is 69.0 Å². The molecule has 0 amide bonds. The van der Waals surface area contributed by atoms with E-state index in [1.807, 2.05) is 0 Å². The fourth-order valence-electron chi connectivity index (χ4n) is 7.76. The van der Waals surface area contributed by atoms with E-state index in [0.29, 0.717) is 30.3 Å². The minimum atomic E-state index is -2.53. The molecule has 0 aliphatic carbocycles. The molecule has 12 N–H and O–H groups in total. The lowest BCUT2D eigenvalue weighted by Gasteiger charge is -2.44. The molecule has 4 heterocycles. The molecule has 4 aromatic carbocycles. The predicted molar refractivity (Wildman–Crippen MR) is 200 cm³/mol. The van der Waals surface area contributed by atoms with Crippen molar-refractivity contribution >= 4 is 41.8 Å². The molecule has 0 saturated carbocycles. The zero-order chi connectivity index (χ0) is 48.0. The first-order valence-corrected chi connectivity index (χ1v) is 18.6. The van der Waals surface area contributed by atoms with E-state index in [1.165, 1.54) is 0 Å². The van der Waals surface area contributed by atoms with Gasteiger partial charge in [-0.2, -0.15) is 0 Å². The van der Waals surface area contributed by atoms with Crippen molar-refractivity contribution in [3.63, 3.8) is 0 Å². The molecular weight excluding hydrogens is 896 g/mol. The monoisotopic (exact) mass is 924 g/mol. The number of carboxylic acids is 1. The summed E-state index contributed by atoms with van der Waals surface area (Å²) in [7, 11) is 0. The van der Waals surface area contributed by atoms with Crippen molar-refractivity contribution < 1.29 is 128 Å². The molecule has 7 atom stereocenters. The van der Waals surface area contributed by atoms with E-state index < -0.39 is 205 Å². The van der Waals surface area contributed by atoms with Gasteiger partial charge in [0, 0.05) is 16.7 Å². The molecule has 4 aliphatic rings. The fraction of sp³-hybridized carbons (Fsp3) is 0.225. The zero-order valence-electron chi connectivity index (χ0n) is 32.4. The van der Waals surface area contributed by atoms with Crippen molar-refractivity contribution in [2.75, 3.05) is 6.61 Å². The van der Waals surface area contributed by atoms with Crippen LogP contribution in [0.1, 0.15) is 59.3 Å². The summed E-state index contributed by atoms with van der Waals surface area (Å²) in [6, 6.07) is 2.48. The number of hydrogen-bond acceptors (Lipinski definition) is 25. The highest BCUT2D eigenvalue weighted by Crippen LogP contribution is 2.54. The number of ether oxygens (including phenoxy) is 7. The van der Waals surface area contributed by atoms with Gasteiger partial charge in [0.25, 0.3) is 0 Å². The minimum Gasteiger partial charge on any atom is -0.504 e. The number of benzene rings is 4. The Kier molecular flexibility index (Phi) is 10.3. The second-order valence-electron chi connectivity index (χ2n) is 14.7. The summed E-state index contributed by atoms with van der Waals surface area (Å²) in [6.07, 6.45) is -13.4. The molecule has 4 aromatic rings. The standard InChI is InChI=1S/C40H28O26/c41-13-1-8(2-14(42)24(13)48)34(54)66-40-33-32-30(62-38(58)12(6-19(46)47)23-22-11(37(57)65-33)5-17(45)27(51)31(22)63-39(23)59)18(61-40)7-60-35(55)9-3-15(43)25(49)28(52)20(9)21-10(36(56)64-32)4-16(44)26(50)29(21)53/h1-5,12,18,23,30,32-33,40-45,48-53H,6-7H2,(H,46,47)/t12-,18-,23+,30-,32+,33-,40+/m1/s1. The van der Waals surface area contributed by atoms with Crippen LogP contribution in [0.15, 0.2) is 30.3 Å². The van der Waals surface area contributed by atoms with Crippen LogP contribution in [-0.4, -0.2) is 140 Å². The van der Waals surface area contributed by atoms with E-state index in [2.05, 4.69) is 0 Å². The normalized spacial score (nSPS) is 23.3. The number of phenolic OH excluding ortho intramolecular Hbond substituents is 11. The number of hydrogen-bond donors (Lipinski definition) is 12. The van der Waals surface area contributed by atoms with Gasteiger partial charge in [-0.25, -0.2) is 19.2 Å². The Morgan fingerprint density at radius 3 is 1.68 bits per heavy atom. The molecule has 0 radical (unpaired) electrons. The number of fused-ring (bicyclic) bond motifs is 3. The summed E-state index contributed by atoms with van der Waals surface area (Å²) in [5, 5.41) is 125. The lowest BCUT2D eigenvalue weighted by Crippen LogP contribution is -2.63. The van der Waals surface area contributed by atoms with Crippen LogP contribution in [0, 0.1) is 5.92 Å². The van der Waals surface area contributed by atoms with E-state index in [9.17, 15) is 94.8 Å². The second kappa shape index (κ2) is 15.6. The number of cyclic esters (lactones) is 1. The number of phenols is 11. The van der Waals surface area contributed by atoms with Crippen molar-refractivity contribution in [3.05, 3.63) is 58.1 Å². The first-order valence-electron chi connectivity index (χ1n) is 18.6. The second-order valence-corrected chi connectivity index (χ2v) is 14.7. The molecule has 1 fully saturated rings. The molecule has 344 valence electrons. The van der Waals surface area contributed by atoms with Gasteiger partial charge >= 0.3 is 41.8 Å². The third-order valence-corrected chi connectivity index (χ3v) is 10.8. The Morgan fingerprint density at radius 2 is 1.09 bits per heavy atom. The van der Waals surface area contributed by atoms with E-state index in [4.69, 9.17) is 33.2 Å². The zero-order valence-corrected chi connectivity index (χ0v) is 32.4. The molecule has 0 spiro atoms. The van der Waals surface area contributed by atoms with Crippen LogP contribution in [0.4, 0.5) is 0 Å². The van der Waals surface area contributed by atoms with Crippen LogP contribution < -0.4 is 4.74 Å². The lowest BCUT2D eigenvalue weighted by molar-refractivity contribution is -0.287. The smallest absolute Gasteiger partial charge is 0.340 e. The van der Waals surface area contributed by atoms with Crippen LogP contribution in [0.25, 0.3) is 11.1 Å². The highest BCUT2D eigenvalue weighted by Gasteiger charge is 2.58. The third kappa shape index (κ3) is 6.92. The van der Waals surface area contributed by atoms with Crippen LogP contribution in [-0.2, 0) is 42.8 Å². The Labute approximate surface area is 363 Å². The average Bonchev–Trinajstić information content (AvgIpc) is 3.60. The van der Waals surface area contributed by atoms with Crippen LogP contribution >= 0.6 is 0 Å². The van der Waals surface area contributed by atoms with Crippen molar-refractivity contribution in [2.24, 2.45) is 5.92 Å². The van der Waals surface area contributed by atoms with Gasteiger partial charge in [-0.1, -0.05) is 0 Å². The summed E-state index contributed by atoms with van der Waals surface area (Å²) >= 11 is 0. The lowest BCUT2D eigenvalue weighted by atomic mass is 9.82. The molecule has 0 aromatic heterocycles. The number of aromatic hydroxyl groups is 11. The van der Waals surface area contributed by atoms with E-state index in [-0.39, 0.29) is 0 Å². The Balaban J connectivity index is 1.38. The minimum absolute atomic E-state index is 0.378. The number of aliphatic carboxylic acids is 1. The molecule has 1 saturated heterocycles. The number of esters is 6. The quantitative estimate of drug-likeness (QED) is 0.0578. The molecule has 4 aliphatic heterocycles. The summed E-state index contributed by atoms with van der Waals surface area (Å²) in [5.74, 6) is -30.9. The van der Waals surface area contributed by atoms with Gasteiger partial charge in [-0.3, -0.25) is 14.4 Å². The maximum absolute atomic E-state index is 14.6. The average molecular weight is 925 g/mol. The van der Waals surface area contributed by atoms with E-state index in [1.54, 1.807) is 0 Å². The number of carbonyl (C=O) groups excluding carboxylic acids is 6. The third-order valence-electron chi connectivity index (χ3n) is 10.8. The summed E-state index contributed by atoms with van der Waals surface area (Å²) < 4.78 is 38.9. The molecule has 26 nitrogen and oxygen atoms in total. The first-order chi connectivity index (χ1) is 31.1. The number of carbonyl (C=O) groups is 7. The summed E-state index contributed by atoms with van der Waals surface area (Å²) in [6.45, 7) is -1.27. The molecule has 4 bridgehead atoms. The van der Waals surface area contributed by atoms with Crippen molar-refractivity contribution in [2.45, 2.75) is 43.0 Å². The van der Waals surface area contributed by atoms with Crippen LogP contribution in [0.3, 0.4) is 0 Å². The molecule has 26 heteroatoms. The van der Waals surface area contributed by atoms with E-state index >= 15 is 0 Å². The van der Waals surface area contributed by atoms with Crippen molar-refractivity contribution in [3.8, 4) is 80.1 Å². The molecule has 66 heavy (non-hydrogen) atoms. The Bertz CT molecular complexity index is 2840. The summed E-state index contributed by atoms with van der Waals surface area (Å²) in [5.41, 5.74) is -6.77. The number of rotatable bonds is 4. The van der Waals surface area contributed by atoms with Gasteiger partial charge in [0.15, 0.2) is 64.0 Å². The van der Waals surface area contributed by atoms with Gasteiger partial charge < -0.3 is 94.4 Å². The van der Waals surface area contributed by atoms with E-state index in [0.717, 1.165) is 0 Å².